The van der Waals surface area contributed by atoms with Gasteiger partial charge in [-0.05, 0) is 24.3 Å². The summed E-state index contributed by atoms with van der Waals surface area (Å²) in [7, 11) is 5.24. The van der Waals surface area contributed by atoms with Crippen molar-refractivity contribution in [2.75, 3.05) is 27.3 Å². The van der Waals surface area contributed by atoms with E-state index in [-0.39, 0.29) is 5.91 Å². The highest BCUT2D eigenvalue weighted by molar-refractivity contribution is 5.99. The predicted molar refractivity (Wildman–Crippen MR) is 111 cm³/mol. The van der Waals surface area contributed by atoms with Gasteiger partial charge in [0.1, 0.15) is 5.69 Å². The maximum Gasteiger partial charge on any atom is 0.270 e. The number of hydrogen-bond acceptors (Lipinski definition) is 7. The average Bonchev–Trinajstić information content (AvgIpc) is 3.34. The van der Waals surface area contributed by atoms with Crippen molar-refractivity contribution in [2.45, 2.75) is 6.92 Å². The molecular weight excluding hydrogens is 384 g/mol. The second-order valence-corrected chi connectivity index (χ2v) is 7.00. The lowest BCUT2D eigenvalue weighted by molar-refractivity contribution is 0.0735. The molecule has 0 aromatic carbocycles. The lowest BCUT2D eigenvalue weighted by Gasteiger charge is -2.16. The zero-order valence-electron chi connectivity index (χ0n) is 17.3. The van der Waals surface area contributed by atoms with Gasteiger partial charge in [-0.2, -0.15) is 4.98 Å². The fraction of sp³-hybridized carbons (Fsp3) is 0.286. The van der Waals surface area contributed by atoms with Crippen LogP contribution >= 0.6 is 0 Å². The molecule has 4 aromatic heterocycles. The van der Waals surface area contributed by atoms with Crippen molar-refractivity contribution in [1.82, 2.24) is 29.6 Å². The molecular formula is C21H22N6O3. The van der Waals surface area contributed by atoms with Crippen LogP contribution in [0.5, 0.6) is 0 Å². The number of pyridine rings is 2. The Labute approximate surface area is 173 Å². The van der Waals surface area contributed by atoms with Crippen molar-refractivity contribution in [3.05, 3.63) is 48.2 Å². The van der Waals surface area contributed by atoms with Crippen LogP contribution in [0.25, 0.3) is 33.7 Å². The average molecular weight is 406 g/mol. The van der Waals surface area contributed by atoms with Crippen molar-refractivity contribution in [3.8, 4) is 22.8 Å². The summed E-state index contributed by atoms with van der Waals surface area (Å²) in [5.74, 6) is 0.934. The summed E-state index contributed by atoms with van der Waals surface area (Å²) in [5.41, 5.74) is 3.63. The quantitative estimate of drug-likeness (QED) is 0.485. The van der Waals surface area contributed by atoms with Crippen LogP contribution in [-0.4, -0.2) is 62.8 Å². The molecule has 0 saturated carbocycles. The number of fused-ring (bicyclic) bond motifs is 1. The van der Waals surface area contributed by atoms with Gasteiger partial charge in [-0.3, -0.25) is 14.8 Å². The summed E-state index contributed by atoms with van der Waals surface area (Å²) in [6, 6.07) is 7.49. The van der Waals surface area contributed by atoms with Crippen molar-refractivity contribution in [2.24, 2.45) is 7.05 Å². The minimum absolute atomic E-state index is 0.0695. The molecule has 1 amide bonds. The van der Waals surface area contributed by atoms with E-state index >= 15 is 0 Å². The monoisotopic (exact) mass is 406 g/mol. The number of ether oxygens (including phenoxy) is 1. The molecule has 30 heavy (non-hydrogen) atoms. The van der Waals surface area contributed by atoms with Crippen molar-refractivity contribution in [1.29, 1.82) is 0 Å². The second kappa shape index (κ2) is 8.03. The van der Waals surface area contributed by atoms with E-state index in [1.807, 2.05) is 35.9 Å². The summed E-state index contributed by atoms with van der Waals surface area (Å²) in [5, 5.41) is 4.86. The third kappa shape index (κ3) is 3.67. The van der Waals surface area contributed by atoms with Gasteiger partial charge in [0.25, 0.3) is 5.91 Å². The van der Waals surface area contributed by atoms with Gasteiger partial charge in [-0.25, -0.2) is 0 Å². The minimum atomic E-state index is -0.0695. The maximum atomic E-state index is 12.8. The van der Waals surface area contributed by atoms with Gasteiger partial charge in [0.05, 0.1) is 29.7 Å². The molecule has 0 unspecified atom stereocenters. The molecule has 0 aliphatic carbocycles. The fourth-order valence-corrected chi connectivity index (χ4v) is 3.23. The number of aromatic nitrogens is 5. The van der Waals surface area contributed by atoms with E-state index in [0.29, 0.717) is 41.9 Å². The van der Waals surface area contributed by atoms with Gasteiger partial charge in [-0.15, -0.1) is 0 Å². The number of nitrogens with zero attached hydrogens (tertiary/aromatic N) is 6. The Bertz CT molecular complexity index is 1210. The molecule has 4 heterocycles. The third-order valence-electron chi connectivity index (χ3n) is 4.93. The van der Waals surface area contributed by atoms with Gasteiger partial charge in [0.15, 0.2) is 0 Å². The third-order valence-corrected chi connectivity index (χ3v) is 4.93. The number of aryl methyl sites for hydroxylation is 2. The van der Waals surface area contributed by atoms with Crippen LogP contribution in [0, 0.1) is 6.92 Å². The molecule has 9 nitrogen and oxygen atoms in total. The fourth-order valence-electron chi connectivity index (χ4n) is 3.23. The number of methoxy groups -OCH3 is 1. The zero-order chi connectivity index (χ0) is 21.3. The number of carbonyl (C=O) groups is 1. The molecule has 0 saturated heterocycles. The molecule has 0 fully saturated rings. The number of rotatable bonds is 6. The van der Waals surface area contributed by atoms with E-state index < -0.39 is 0 Å². The highest BCUT2D eigenvalue weighted by atomic mass is 16.5. The standard InChI is InChI=1S/C21H22N6O3/c1-13-24-20(25-30-13)14-5-6-22-16(9-14)17-10-15-11-18(27(3)19(15)12-23-17)21(28)26(2)7-8-29-4/h5-6,9-12H,7-8H2,1-4H3. The Hall–Kier alpha value is -3.59. The van der Waals surface area contributed by atoms with Crippen LogP contribution < -0.4 is 0 Å². The predicted octanol–water partition coefficient (Wildman–Crippen LogP) is 2.71. The highest BCUT2D eigenvalue weighted by Crippen LogP contribution is 2.26. The number of amides is 1. The van der Waals surface area contributed by atoms with E-state index in [1.165, 1.54) is 0 Å². The van der Waals surface area contributed by atoms with Crippen molar-refractivity contribution < 1.29 is 14.1 Å². The number of carbonyl (C=O) groups excluding carboxylic acids is 1. The highest BCUT2D eigenvalue weighted by Gasteiger charge is 2.18. The van der Waals surface area contributed by atoms with Gasteiger partial charge >= 0.3 is 0 Å². The Morgan fingerprint density at radius 1 is 1.23 bits per heavy atom. The first-order valence-corrected chi connectivity index (χ1v) is 9.45. The van der Waals surface area contributed by atoms with Gasteiger partial charge < -0.3 is 18.7 Å². The zero-order valence-corrected chi connectivity index (χ0v) is 17.3. The first kappa shape index (κ1) is 19.7. The van der Waals surface area contributed by atoms with E-state index in [4.69, 9.17) is 9.26 Å². The Balaban J connectivity index is 1.68. The molecule has 9 heteroatoms. The molecule has 0 aliphatic rings. The smallest absolute Gasteiger partial charge is 0.270 e. The van der Waals surface area contributed by atoms with Crippen LogP contribution in [0.1, 0.15) is 16.4 Å². The maximum absolute atomic E-state index is 12.8. The first-order valence-electron chi connectivity index (χ1n) is 9.45. The van der Waals surface area contributed by atoms with E-state index in [1.54, 1.807) is 38.4 Å². The van der Waals surface area contributed by atoms with Crippen LogP contribution in [0.3, 0.4) is 0 Å². The van der Waals surface area contributed by atoms with E-state index in [2.05, 4.69) is 20.1 Å². The first-order chi connectivity index (χ1) is 14.5. The molecule has 4 rings (SSSR count). The minimum Gasteiger partial charge on any atom is -0.383 e. The summed E-state index contributed by atoms with van der Waals surface area (Å²) >= 11 is 0. The van der Waals surface area contributed by atoms with E-state index in [0.717, 1.165) is 16.5 Å². The number of likely N-dealkylation sites (N-methyl/N-ethyl adjacent to an activating group) is 1. The van der Waals surface area contributed by atoms with Crippen LogP contribution in [0.2, 0.25) is 0 Å². The van der Waals surface area contributed by atoms with Crippen LogP contribution in [-0.2, 0) is 11.8 Å². The van der Waals surface area contributed by atoms with E-state index in [9.17, 15) is 4.79 Å². The molecule has 0 radical (unpaired) electrons. The summed E-state index contributed by atoms with van der Waals surface area (Å²) in [6.07, 6.45) is 3.44. The SMILES string of the molecule is COCCN(C)C(=O)c1cc2cc(-c3cc(-c4noc(C)n4)ccn3)ncc2n1C. The van der Waals surface area contributed by atoms with Crippen molar-refractivity contribution in [3.63, 3.8) is 0 Å². The normalized spacial score (nSPS) is 11.2. The molecule has 154 valence electrons. The topological polar surface area (TPSA) is 99.2 Å². The Morgan fingerprint density at radius 3 is 2.77 bits per heavy atom. The van der Waals surface area contributed by atoms with Gasteiger partial charge in [0, 0.05) is 51.8 Å². The lowest BCUT2D eigenvalue weighted by Crippen LogP contribution is -2.31. The Kier molecular flexibility index (Phi) is 5.28. The molecule has 0 N–H and O–H groups in total. The molecule has 0 bridgehead atoms. The van der Waals surface area contributed by atoms with Crippen molar-refractivity contribution >= 4 is 16.8 Å². The molecule has 0 atom stereocenters. The molecule has 0 aliphatic heterocycles. The second-order valence-electron chi connectivity index (χ2n) is 7.00. The van der Waals surface area contributed by atoms with Crippen LogP contribution in [0.4, 0.5) is 0 Å². The molecule has 0 spiro atoms. The van der Waals surface area contributed by atoms with Gasteiger partial charge in [0.2, 0.25) is 11.7 Å². The Morgan fingerprint density at radius 2 is 2.03 bits per heavy atom. The summed E-state index contributed by atoms with van der Waals surface area (Å²) in [4.78, 5) is 27.7. The lowest BCUT2D eigenvalue weighted by atomic mass is 10.1. The largest absolute Gasteiger partial charge is 0.383 e. The summed E-state index contributed by atoms with van der Waals surface area (Å²) < 4.78 is 12.0. The summed E-state index contributed by atoms with van der Waals surface area (Å²) in [6.45, 7) is 2.75. The number of hydrogen-bond donors (Lipinski definition) is 0. The van der Waals surface area contributed by atoms with Gasteiger partial charge in [-0.1, -0.05) is 5.16 Å². The molecule has 4 aromatic rings. The van der Waals surface area contributed by atoms with Crippen LogP contribution in [0.15, 0.2) is 41.2 Å².